The molecule has 4 aromatic rings. The molecule has 0 radical (unpaired) electrons. The van der Waals surface area contributed by atoms with Crippen molar-refractivity contribution in [2.24, 2.45) is 0 Å². The van der Waals surface area contributed by atoms with Gasteiger partial charge in [-0.25, -0.2) is 0 Å². The quantitative estimate of drug-likeness (QED) is 0.268. The Morgan fingerprint density at radius 1 is 0.861 bits per heavy atom. The Balaban J connectivity index is 1.38. The highest BCUT2D eigenvalue weighted by Gasteiger charge is 2.32. The third-order valence-corrected chi connectivity index (χ3v) is 7.27. The van der Waals surface area contributed by atoms with Crippen molar-refractivity contribution in [3.05, 3.63) is 117 Å². The zero-order chi connectivity index (χ0) is 25.1. The lowest BCUT2D eigenvalue weighted by atomic mass is 9.99. The predicted molar refractivity (Wildman–Crippen MR) is 148 cm³/mol. The molecule has 5 rings (SSSR count). The average molecular weight is 537 g/mol. The SMILES string of the molecule is O=C(Cc1cccc(-c2cccnc2)c1)N1CCN(c2ccc(Cl)cc2Cl)C(c2ccc(Cl)cc2)C1. The number of hydrogen-bond acceptors (Lipinski definition) is 3. The monoisotopic (exact) mass is 535 g/mol. The van der Waals surface area contributed by atoms with E-state index in [0.717, 1.165) is 27.9 Å². The van der Waals surface area contributed by atoms with Crippen LogP contribution in [0.4, 0.5) is 5.69 Å². The Kier molecular flexibility index (Phi) is 7.47. The molecule has 0 aliphatic carbocycles. The highest BCUT2D eigenvalue weighted by molar-refractivity contribution is 6.36. The molecule has 1 atom stereocenters. The Morgan fingerprint density at radius 3 is 2.39 bits per heavy atom. The van der Waals surface area contributed by atoms with Crippen LogP contribution in [0.5, 0.6) is 0 Å². The number of rotatable bonds is 5. The first kappa shape index (κ1) is 24.6. The van der Waals surface area contributed by atoms with E-state index in [1.54, 1.807) is 12.3 Å². The van der Waals surface area contributed by atoms with Crippen molar-refractivity contribution in [1.82, 2.24) is 9.88 Å². The third kappa shape index (κ3) is 5.52. The molecule has 182 valence electrons. The minimum Gasteiger partial charge on any atom is -0.360 e. The van der Waals surface area contributed by atoms with Gasteiger partial charge in [0.1, 0.15) is 0 Å². The molecular weight excluding hydrogens is 513 g/mol. The van der Waals surface area contributed by atoms with E-state index in [1.165, 1.54) is 0 Å². The summed E-state index contributed by atoms with van der Waals surface area (Å²) in [5.41, 5.74) is 5.03. The highest BCUT2D eigenvalue weighted by Crippen LogP contribution is 2.37. The fourth-order valence-corrected chi connectivity index (χ4v) is 5.31. The van der Waals surface area contributed by atoms with Crippen molar-refractivity contribution in [1.29, 1.82) is 0 Å². The van der Waals surface area contributed by atoms with E-state index in [4.69, 9.17) is 34.8 Å². The fraction of sp³-hybridized carbons (Fsp3) is 0.172. The number of carbonyl (C=O) groups is 1. The molecule has 1 fully saturated rings. The van der Waals surface area contributed by atoms with Crippen LogP contribution in [0.2, 0.25) is 15.1 Å². The summed E-state index contributed by atoms with van der Waals surface area (Å²) in [6, 6.07) is 25.3. The summed E-state index contributed by atoms with van der Waals surface area (Å²) in [5.74, 6) is 0.0964. The van der Waals surface area contributed by atoms with E-state index in [2.05, 4.69) is 16.0 Å². The smallest absolute Gasteiger partial charge is 0.227 e. The van der Waals surface area contributed by atoms with Crippen LogP contribution in [0.25, 0.3) is 11.1 Å². The number of halogens is 3. The molecule has 0 bridgehead atoms. The molecule has 1 aliphatic rings. The van der Waals surface area contributed by atoms with Crippen LogP contribution in [-0.2, 0) is 11.2 Å². The number of nitrogens with zero attached hydrogens (tertiary/aromatic N) is 3. The van der Waals surface area contributed by atoms with Gasteiger partial charge >= 0.3 is 0 Å². The molecule has 1 saturated heterocycles. The van der Waals surface area contributed by atoms with Crippen LogP contribution in [0.3, 0.4) is 0 Å². The maximum atomic E-state index is 13.4. The van der Waals surface area contributed by atoms with Crippen molar-refractivity contribution in [2.45, 2.75) is 12.5 Å². The molecule has 36 heavy (non-hydrogen) atoms. The second-order valence-corrected chi connectivity index (χ2v) is 10.1. The van der Waals surface area contributed by atoms with Crippen LogP contribution < -0.4 is 4.90 Å². The van der Waals surface area contributed by atoms with Gasteiger partial charge in [-0.2, -0.15) is 0 Å². The normalized spacial score (nSPS) is 15.7. The topological polar surface area (TPSA) is 36.4 Å². The molecule has 1 aromatic heterocycles. The lowest BCUT2D eigenvalue weighted by Crippen LogP contribution is -2.51. The standard InChI is InChI=1S/C29H24Cl3N3O/c30-24-8-6-21(7-9-24)28-19-34(13-14-35(28)27-11-10-25(31)17-26(27)32)29(36)16-20-3-1-4-22(15-20)23-5-2-12-33-18-23/h1-12,15,17-18,28H,13-14,16,19H2. The van der Waals surface area contributed by atoms with Gasteiger partial charge in [0.2, 0.25) is 5.91 Å². The second-order valence-electron chi connectivity index (χ2n) is 8.82. The van der Waals surface area contributed by atoms with Crippen LogP contribution in [0.15, 0.2) is 91.3 Å². The molecule has 1 aliphatic heterocycles. The molecule has 0 spiro atoms. The van der Waals surface area contributed by atoms with E-state index < -0.39 is 0 Å². The third-order valence-electron chi connectivity index (χ3n) is 6.48. The molecule has 7 heteroatoms. The predicted octanol–water partition coefficient (Wildman–Crippen LogP) is 7.34. The maximum Gasteiger partial charge on any atom is 0.227 e. The zero-order valence-corrected chi connectivity index (χ0v) is 21.7. The number of hydrogen-bond donors (Lipinski definition) is 0. The maximum absolute atomic E-state index is 13.4. The van der Waals surface area contributed by atoms with E-state index in [-0.39, 0.29) is 11.9 Å². The van der Waals surface area contributed by atoms with Gasteiger partial charge in [0.25, 0.3) is 0 Å². The number of amides is 1. The first-order valence-corrected chi connectivity index (χ1v) is 12.9. The summed E-state index contributed by atoms with van der Waals surface area (Å²) >= 11 is 18.9. The van der Waals surface area contributed by atoms with Crippen molar-refractivity contribution in [3.63, 3.8) is 0 Å². The molecule has 1 amide bonds. The molecule has 0 N–H and O–H groups in total. The molecular formula is C29H24Cl3N3O. The first-order valence-electron chi connectivity index (χ1n) is 11.7. The molecule has 4 nitrogen and oxygen atoms in total. The number of piperazine rings is 1. The van der Waals surface area contributed by atoms with Crippen molar-refractivity contribution < 1.29 is 4.79 Å². The number of aromatic nitrogens is 1. The summed E-state index contributed by atoms with van der Waals surface area (Å²) in [6.07, 6.45) is 3.92. The van der Waals surface area contributed by atoms with Crippen LogP contribution in [0, 0.1) is 0 Å². The zero-order valence-electron chi connectivity index (χ0n) is 19.4. The minimum absolute atomic E-state index is 0.0691. The minimum atomic E-state index is -0.0691. The number of anilines is 1. The van der Waals surface area contributed by atoms with E-state index in [1.807, 2.05) is 77.8 Å². The summed E-state index contributed by atoms with van der Waals surface area (Å²) in [5, 5.41) is 1.86. The summed E-state index contributed by atoms with van der Waals surface area (Å²) < 4.78 is 0. The van der Waals surface area contributed by atoms with Crippen molar-refractivity contribution >= 4 is 46.4 Å². The lowest BCUT2D eigenvalue weighted by molar-refractivity contribution is -0.131. The number of benzene rings is 3. The molecule has 2 heterocycles. The van der Waals surface area contributed by atoms with Crippen LogP contribution >= 0.6 is 34.8 Å². The average Bonchev–Trinajstić information content (AvgIpc) is 2.90. The van der Waals surface area contributed by atoms with E-state index >= 15 is 0 Å². The molecule has 3 aromatic carbocycles. The summed E-state index contributed by atoms with van der Waals surface area (Å²) in [6.45, 7) is 1.79. The molecule has 0 saturated carbocycles. The largest absolute Gasteiger partial charge is 0.360 e. The van der Waals surface area contributed by atoms with Crippen LogP contribution in [-0.4, -0.2) is 35.4 Å². The second kappa shape index (κ2) is 10.9. The Hall–Kier alpha value is -3.05. The first-order chi connectivity index (χ1) is 17.5. The Morgan fingerprint density at radius 2 is 1.64 bits per heavy atom. The summed E-state index contributed by atoms with van der Waals surface area (Å²) in [7, 11) is 0. The van der Waals surface area contributed by atoms with Gasteiger partial charge in [-0.15, -0.1) is 0 Å². The fourth-order valence-electron chi connectivity index (χ4n) is 4.66. The van der Waals surface area contributed by atoms with Gasteiger partial charge in [0.05, 0.1) is 23.2 Å². The Bertz CT molecular complexity index is 1360. The van der Waals surface area contributed by atoms with Gasteiger partial charge in [-0.3, -0.25) is 9.78 Å². The molecule has 1 unspecified atom stereocenters. The van der Waals surface area contributed by atoms with E-state index in [0.29, 0.717) is 41.1 Å². The van der Waals surface area contributed by atoms with Gasteiger partial charge in [-0.1, -0.05) is 77.3 Å². The number of pyridine rings is 1. The number of carbonyl (C=O) groups excluding carboxylic acids is 1. The highest BCUT2D eigenvalue weighted by atomic mass is 35.5. The summed E-state index contributed by atoms with van der Waals surface area (Å²) in [4.78, 5) is 21.8. The van der Waals surface area contributed by atoms with Crippen LogP contribution in [0.1, 0.15) is 17.2 Å². The Labute approximate surface area is 226 Å². The van der Waals surface area contributed by atoms with E-state index in [9.17, 15) is 4.79 Å². The van der Waals surface area contributed by atoms with Crippen molar-refractivity contribution in [3.8, 4) is 11.1 Å². The van der Waals surface area contributed by atoms with Crippen molar-refractivity contribution in [2.75, 3.05) is 24.5 Å². The van der Waals surface area contributed by atoms with Gasteiger partial charge in [-0.05, 0) is 58.7 Å². The van der Waals surface area contributed by atoms with Gasteiger partial charge in [0.15, 0.2) is 0 Å². The van der Waals surface area contributed by atoms with Gasteiger partial charge < -0.3 is 9.80 Å². The lowest BCUT2D eigenvalue weighted by Gasteiger charge is -2.43. The van der Waals surface area contributed by atoms with Gasteiger partial charge in [0, 0.05) is 42.1 Å².